The van der Waals surface area contributed by atoms with E-state index in [-0.39, 0.29) is 17.5 Å². The molecule has 0 atom stereocenters. The second kappa shape index (κ2) is 12.2. The number of furan rings is 3. The first-order chi connectivity index (χ1) is 30.5. The highest BCUT2D eigenvalue weighted by molar-refractivity contribution is 8.00. The molecular formula is C56H39BO4S2. The third kappa shape index (κ3) is 4.84. The quantitative estimate of drug-likeness (QED) is 0.154. The molecule has 14 rings (SSSR count). The second-order valence-corrected chi connectivity index (χ2v) is 21.6. The normalized spacial score (nSPS) is 13.9. The van der Waals surface area contributed by atoms with Crippen LogP contribution in [0, 0.1) is 0 Å². The largest absolute Gasteiger partial charge is 0.457 e. The molecule has 12 aromatic rings. The summed E-state index contributed by atoms with van der Waals surface area (Å²) in [4.78, 5) is 2.39. The third-order valence-electron chi connectivity index (χ3n) is 13.7. The van der Waals surface area contributed by atoms with Crippen LogP contribution in [0.3, 0.4) is 0 Å². The number of benzene rings is 8. The fourth-order valence-corrected chi connectivity index (χ4v) is 13.2. The molecule has 0 N–H and O–H groups in total. The first-order valence-electron chi connectivity index (χ1n) is 21.8. The summed E-state index contributed by atoms with van der Waals surface area (Å²) in [6.45, 7) is 13.5. The molecule has 4 aromatic heterocycles. The van der Waals surface area contributed by atoms with Crippen molar-refractivity contribution in [1.29, 1.82) is 0 Å². The van der Waals surface area contributed by atoms with Crippen LogP contribution in [0.5, 0.6) is 11.5 Å². The van der Waals surface area contributed by atoms with Gasteiger partial charge in [-0.25, -0.2) is 0 Å². The Balaban J connectivity index is 1.18. The average Bonchev–Trinajstić information content (AvgIpc) is 4.05. The van der Waals surface area contributed by atoms with Crippen LogP contribution in [0.2, 0.25) is 0 Å². The lowest BCUT2D eigenvalue weighted by Crippen LogP contribution is -2.58. The molecule has 0 aliphatic carbocycles. The molecule has 0 fully saturated rings. The molecule has 2 aliphatic rings. The Hall–Kier alpha value is -6.41. The van der Waals surface area contributed by atoms with Crippen molar-refractivity contribution in [3.63, 3.8) is 0 Å². The van der Waals surface area contributed by atoms with Gasteiger partial charge in [0.1, 0.15) is 33.7 Å². The van der Waals surface area contributed by atoms with E-state index < -0.39 is 0 Å². The second-order valence-electron chi connectivity index (χ2n) is 19.5. The van der Waals surface area contributed by atoms with Crippen molar-refractivity contribution >= 4 is 132 Å². The van der Waals surface area contributed by atoms with Gasteiger partial charge in [0.25, 0.3) is 6.71 Å². The summed E-state index contributed by atoms with van der Waals surface area (Å²) in [6, 6.07) is 45.9. The van der Waals surface area contributed by atoms with Gasteiger partial charge in [-0.1, -0.05) is 144 Å². The highest BCUT2D eigenvalue weighted by Crippen LogP contribution is 2.53. The number of thiophene rings is 1. The molecule has 63 heavy (non-hydrogen) atoms. The molecule has 7 heteroatoms. The zero-order valence-electron chi connectivity index (χ0n) is 35.7. The minimum absolute atomic E-state index is 0.0394. The van der Waals surface area contributed by atoms with Crippen molar-refractivity contribution in [3.05, 3.63) is 139 Å². The van der Waals surface area contributed by atoms with Gasteiger partial charge in [-0.05, 0) is 80.4 Å². The summed E-state index contributed by atoms with van der Waals surface area (Å²) >= 11 is 3.74. The Kier molecular flexibility index (Phi) is 6.99. The van der Waals surface area contributed by atoms with Gasteiger partial charge in [0.15, 0.2) is 11.3 Å². The summed E-state index contributed by atoms with van der Waals surface area (Å²) in [7, 11) is 0. The Morgan fingerprint density at radius 1 is 0.476 bits per heavy atom. The Bertz CT molecular complexity index is 3760. The maximum absolute atomic E-state index is 7.45. The molecule has 0 amide bonds. The van der Waals surface area contributed by atoms with E-state index in [4.69, 9.17) is 18.0 Å². The van der Waals surface area contributed by atoms with Crippen LogP contribution >= 0.6 is 23.1 Å². The van der Waals surface area contributed by atoms with E-state index in [1.165, 1.54) is 46.7 Å². The number of para-hydroxylation sites is 3. The summed E-state index contributed by atoms with van der Waals surface area (Å²) in [5.74, 6) is 1.53. The molecule has 2 aliphatic heterocycles. The molecule has 0 saturated heterocycles. The molecule has 302 valence electrons. The highest BCUT2D eigenvalue weighted by atomic mass is 32.2. The maximum Gasteiger partial charge on any atom is 0.263 e. The van der Waals surface area contributed by atoms with Crippen molar-refractivity contribution in [2.75, 3.05) is 0 Å². The monoisotopic (exact) mass is 850 g/mol. The predicted octanol–water partition coefficient (Wildman–Crippen LogP) is 15.1. The number of hydrogen-bond donors (Lipinski definition) is 0. The van der Waals surface area contributed by atoms with E-state index in [9.17, 15) is 0 Å². The van der Waals surface area contributed by atoms with Gasteiger partial charge in [-0.2, -0.15) is 0 Å². The molecule has 6 heterocycles. The Labute approximate surface area is 371 Å². The van der Waals surface area contributed by atoms with Crippen molar-refractivity contribution in [1.82, 2.24) is 0 Å². The SMILES string of the molecule is CC(C)(C)c1cc(-c2cc3c4c(c2)Sc2c(c5oc6ccccc6c5c5c2sc2ccccc25)B4c2c(c4oc5ccccc5c4c4c2oc2ccccc24)O3)cc(C(C)(C)C)c1. The van der Waals surface area contributed by atoms with E-state index in [0.717, 1.165) is 93.5 Å². The standard InChI is InChI=1S/C56H39BO4S2/c1-55(2,3)30-23-28(24-31(27-30)56(4,5)6)29-25-39-46-41(26-29)63-54-48(50-44(34-17-9-12-20-37(34)59-50)45-35-18-10-14-22-40(35)62-53(45)54)57(46)47-49-42(32-15-7-11-19-36(32)58-49)43-33-16-8-13-21-38(33)60-51(43)52(47)61-39/h7-27H,1-6H3. The van der Waals surface area contributed by atoms with Gasteiger partial charge in [-0.3, -0.25) is 0 Å². The fraction of sp³-hybridized carbons (Fsp3) is 0.143. The minimum Gasteiger partial charge on any atom is -0.457 e. The first-order valence-corrected chi connectivity index (χ1v) is 23.4. The predicted molar refractivity (Wildman–Crippen MR) is 266 cm³/mol. The van der Waals surface area contributed by atoms with Crippen molar-refractivity contribution in [2.24, 2.45) is 0 Å². The van der Waals surface area contributed by atoms with Crippen LogP contribution in [0.4, 0.5) is 0 Å². The van der Waals surface area contributed by atoms with Gasteiger partial charge >= 0.3 is 0 Å². The lowest BCUT2D eigenvalue weighted by atomic mass is 9.35. The van der Waals surface area contributed by atoms with Gasteiger partial charge in [0.05, 0.1) is 0 Å². The molecule has 0 spiro atoms. The molecule has 4 nitrogen and oxygen atoms in total. The third-order valence-corrected chi connectivity index (χ3v) is 16.2. The summed E-state index contributed by atoms with van der Waals surface area (Å²) in [6.07, 6.45) is 0. The fourth-order valence-electron chi connectivity index (χ4n) is 10.6. The molecular weight excluding hydrogens is 812 g/mol. The van der Waals surface area contributed by atoms with Gasteiger partial charge in [0.2, 0.25) is 0 Å². The molecule has 8 aromatic carbocycles. The van der Waals surface area contributed by atoms with Crippen molar-refractivity contribution < 1.29 is 18.0 Å². The van der Waals surface area contributed by atoms with Crippen LogP contribution in [-0.4, -0.2) is 6.71 Å². The molecule has 0 bridgehead atoms. The zero-order valence-corrected chi connectivity index (χ0v) is 37.3. The van der Waals surface area contributed by atoms with Crippen molar-refractivity contribution in [2.45, 2.75) is 62.2 Å². The summed E-state index contributed by atoms with van der Waals surface area (Å²) in [5, 5.41) is 8.94. The highest BCUT2D eigenvalue weighted by Gasteiger charge is 2.47. The van der Waals surface area contributed by atoms with Gasteiger partial charge < -0.3 is 18.0 Å². The first kappa shape index (κ1) is 36.1. The molecule has 0 unspecified atom stereocenters. The van der Waals surface area contributed by atoms with Crippen LogP contribution in [0.1, 0.15) is 52.7 Å². The molecule has 0 radical (unpaired) electrons. The van der Waals surface area contributed by atoms with E-state index in [1.807, 2.05) is 29.2 Å². The van der Waals surface area contributed by atoms with Crippen LogP contribution < -0.4 is 21.1 Å². The lowest BCUT2D eigenvalue weighted by Gasteiger charge is -2.34. The average molecular weight is 851 g/mol. The van der Waals surface area contributed by atoms with Crippen molar-refractivity contribution in [3.8, 4) is 22.6 Å². The van der Waals surface area contributed by atoms with E-state index in [2.05, 4.69) is 163 Å². The zero-order chi connectivity index (χ0) is 42.3. The number of fused-ring (bicyclic) bond motifs is 22. The number of hydrogen-bond acceptors (Lipinski definition) is 6. The van der Waals surface area contributed by atoms with Gasteiger partial charge in [0, 0.05) is 67.7 Å². The summed E-state index contributed by atoms with van der Waals surface area (Å²) in [5.41, 5.74) is 13.1. The van der Waals surface area contributed by atoms with Crippen LogP contribution in [-0.2, 0) is 10.8 Å². The number of ether oxygens (including phenoxy) is 1. The summed E-state index contributed by atoms with van der Waals surface area (Å²) < 4.78 is 31.3. The van der Waals surface area contributed by atoms with Crippen LogP contribution in [0.25, 0.3) is 97.1 Å². The smallest absolute Gasteiger partial charge is 0.263 e. The molecule has 0 saturated carbocycles. The topological polar surface area (TPSA) is 48.7 Å². The van der Waals surface area contributed by atoms with Gasteiger partial charge in [-0.15, -0.1) is 11.3 Å². The van der Waals surface area contributed by atoms with Crippen LogP contribution in [0.15, 0.2) is 150 Å². The Morgan fingerprint density at radius 3 is 1.60 bits per heavy atom. The maximum atomic E-state index is 7.45. The van der Waals surface area contributed by atoms with E-state index in [0.29, 0.717) is 5.75 Å². The number of rotatable bonds is 1. The Morgan fingerprint density at radius 2 is 0.984 bits per heavy atom. The van der Waals surface area contributed by atoms with E-state index in [1.54, 1.807) is 0 Å². The minimum atomic E-state index is -0.298. The van der Waals surface area contributed by atoms with E-state index >= 15 is 0 Å². The lowest BCUT2D eigenvalue weighted by molar-refractivity contribution is 0.479.